The van der Waals surface area contributed by atoms with Crippen molar-refractivity contribution in [3.05, 3.63) is 0 Å². The van der Waals surface area contributed by atoms with Crippen LogP contribution in [0.1, 0.15) is 39.5 Å². The molecule has 0 aliphatic heterocycles. The van der Waals surface area contributed by atoms with Crippen LogP contribution in [0.3, 0.4) is 0 Å². The second kappa shape index (κ2) is 8.71. The summed E-state index contributed by atoms with van der Waals surface area (Å²) in [6, 6.07) is 0.406. The highest BCUT2D eigenvalue weighted by Crippen LogP contribution is 2.38. The van der Waals surface area contributed by atoms with E-state index in [0.717, 1.165) is 45.4 Å². The second-order valence-electron chi connectivity index (χ2n) is 6.02. The number of carbonyl (C=O) groups is 1. The molecule has 0 amide bonds. The minimum absolute atomic E-state index is 0.111. The molecular weight excluding hydrogens is 268 g/mol. The average Bonchev–Trinajstić information content (AvgIpc) is 2.91. The molecular formula is C16H32N2O3. The summed E-state index contributed by atoms with van der Waals surface area (Å²) in [5, 5.41) is 3.26. The fraction of sp³-hybridized carbons (Fsp3) is 0.938. The summed E-state index contributed by atoms with van der Waals surface area (Å²) in [7, 11) is 5.10. The van der Waals surface area contributed by atoms with E-state index in [4.69, 9.17) is 9.47 Å². The molecule has 0 aromatic heterocycles. The minimum Gasteiger partial charge on any atom is -0.468 e. The van der Waals surface area contributed by atoms with Crippen LogP contribution in [0.15, 0.2) is 0 Å². The SMILES string of the molecule is CCN(CCC1CCCC1(NC)C(=O)OC)C(C)COC. The summed E-state index contributed by atoms with van der Waals surface area (Å²) in [5.74, 6) is 0.235. The van der Waals surface area contributed by atoms with Crippen LogP contribution in [-0.4, -0.2) is 63.4 Å². The van der Waals surface area contributed by atoms with Gasteiger partial charge in [0.25, 0.3) is 0 Å². The van der Waals surface area contributed by atoms with Gasteiger partial charge in [0.05, 0.1) is 13.7 Å². The topological polar surface area (TPSA) is 50.8 Å². The zero-order valence-corrected chi connectivity index (χ0v) is 14.3. The monoisotopic (exact) mass is 300 g/mol. The van der Waals surface area contributed by atoms with Crippen molar-refractivity contribution in [1.29, 1.82) is 0 Å². The van der Waals surface area contributed by atoms with Crippen LogP contribution < -0.4 is 5.32 Å². The number of carbonyl (C=O) groups excluding carboxylic acids is 1. The Balaban J connectivity index is 2.65. The number of hydrogen-bond donors (Lipinski definition) is 1. The van der Waals surface area contributed by atoms with Crippen LogP contribution >= 0.6 is 0 Å². The van der Waals surface area contributed by atoms with Gasteiger partial charge in [0.2, 0.25) is 0 Å². The molecule has 0 aromatic carbocycles. The first kappa shape index (κ1) is 18.4. The summed E-state index contributed by atoms with van der Waals surface area (Å²) in [6.45, 7) is 7.10. The van der Waals surface area contributed by atoms with Gasteiger partial charge >= 0.3 is 5.97 Å². The first-order chi connectivity index (χ1) is 10.1. The highest BCUT2D eigenvalue weighted by atomic mass is 16.5. The van der Waals surface area contributed by atoms with Gasteiger partial charge in [-0.3, -0.25) is 9.69 Å². The Morgan fingerprint density at radius 1 is 1.48 bits per heavy atom. The molecule has 1 saturated carbocycles. The van der Waals surface area contributed by atoms with Crippen LogP contribution in [0.4, 0.5) is 0 Å². The zero-order valence-electron chi connectivity index (χ0n) is 14.3. The lowest BCUT2D eigenvalue weighted by Crippen LogP contribution is -2.54. The molecule has 124 valence electrons. The summed E-state index contributed by atoms with van der Waals surface area (Å²) >= 11 is 0. The Bertz CT molecular complexity index is 325. The Labute approximate surface area is 129 Å². The van der Waals surface area contributed by atoms with Crippen molar-refractivity contribution in [2.24, 2.45) is 5.92 Å². The van der Waals surface area contributed by atoms with Gasteiger partial charge in [0.15, 0.2) is 0 Å². The van der Waals surface area contributed by atoms with Crippen molar-refractivity contribution in [3.63, 3.8) is 0 Å². The molecule has 3 unspecified atom stereocenters. The van der Waals surface area contributed by atoms with Gasteiger partial charge in [0.1, 0.15) is 5.54 Å². The maximum Gasteiger partial charge on any atom is 0.326 e. The van der Waals surface area contributed by atoms with Crippen molar-refractivity contribution in [1.82, 2.24) is 10.2 Å². The van der Waals surface area contributed by atoms with Gasteiger partial charge in [-0.1, -0.05) is 13.3 Å². The third-order valence-corrected chi connectivity index (χ3v) is 5.02. The summed E-state index contributed by atoms with van der Waals surface area (Å²) in [4.78, 5) is 14.6. The van der Waals surface area contributed by atoms with E-state index < -0.39 is 5.54 Å². The second-order valence-corrected chi connectivity index (χ2v) is 6.02. The van der Waals surface area contributed by atoms with Gasteiger partial charge in [-0.05, 0) is 52.2 Å². The lowest BCUT2D eigenvalue weighted by atomic mass is 9.84. The first-order valence-electron chi connectivity index (χ1n) is 8.06. The largest absolute Gasteiger partial charge is 0.468 e. The quantitative estimate of drug-likeness (QED) is 0.656. The molecule has 0 aromatic rings. The van der Waals surface area contributed by atoms with Gasteiger partial charge < -0.3 is 14.8 Å². The molecule has 0 bridgehead atoms. The maximum atomic E-state index is 12.2. The van der Waals surface area contributed by atoms with Crippen molar-refractivity contribution < 1.29 is 14.3 Å². The number of esters is 1. The van der Waals surface area contributed by atoms with Crippen molar-refractivity contribution >= 4 is 5.97 Å². The number of nitrogens with one attached hydrogen (secondary N) is 1. The van der Waals surface area contributed by atoms with Crippen LogP contribution in [0.5, 0.6) is 0 Å². The number of hydrogen-bond acceptors (Lipinski definition) is 5. The summed E-state index contributed by atoms with van der Waals surface area (Å²) < 4.78 is 10.3. The van der Waals surface area contributed by atoms with E-state index in [1.54, 1.807) is 7.11 Å². The predicted molar refractivity (Wildman–Crippen MR) is 84.3 cm³/mol. The number of likely N-dealkylation sites (N-methyl/N-ethyl adjacent to an activating group) is 2. The molecule has 1 fully saturated rings. The van der Waals surface area contributed by atoms with Crippen molar-refractivity contribution in [3.8, 4) is 0 Å². The minimum atomic E-state index is -0.487. The van der Waals surface area contributed by atoms with E-state index in [9.17, 15) is 4.79 Å². The number of ether oxygens (including phenoxy) is 2. The Hall–Kier alpha value is -0.650. The van der Waals surface area contributed by atoms with Crippen molar-refractivity contribution in [2.75, 3.05) is 41.0 Å². The lowest BCUT2D eigenvalue weighted by Gasteiger charge is -2.35. The molecule has 3 atom stereocenters. The van der Waals surface area contributed by atoms with Crippen molar-refractivity contribution in [2.45, 2.75) is 51.1 Å². The number of rotatable bonds is 9. The molecule has 0 saturated heterocycles. The molecule has 1 rings (SSSR count). The van der Waals surface area contributed by atoms with Crippen LogP contribution in [-0.2, 0) is 14.3 Å². The predicted octanol–water partition coefficient (Wildman–Crippen LogP) is 1.66. The fourth-order valence-electron chi connectivity index (χ4n) is 3.71. The molecule has 1 aliphatic rings. The normalized spacial score (nSPS) is 27.0. The molecule has 1 N–H and O–H groups in total. The molecule has 5 nitrogen and oxygen atoms in total. The molecule has 5 heteroatoms. The summed E-state index contributed by atoms with van der Waals surface area (Å²) in [5.41, 5.74) is -0.487. The van der Waals surface area contributed by atoms with Gasteiger partial charge in [-0.2, -0.15) is 0 Å². The fourth-order valence-corrected chi connectivity index (χ4v) is 3.71. The van der Waals surface area contributed by atoms with Crippen LogP contribution in [0.25, 0.3) is 0 Å². The number of nitrogens with zero attached hydrogens (tertiary/aromatic N) is 1. The third kappa shape index (κ3) is 4.18. The Morgan fingerprint density at radius 2 is 2.19 bits per heavy atom. The average molecular weight is 300 g/mol. The van der Waals surface area contributed by atoms with E-state index in [1.165, 1.54) is 7.11 Å². The zero-order chi connectivity index (χ0) is 15.9. The van der Waals surface area contributed by atoms with E-state index in [2.05, 4.69) is 24.1 Å². The van der Waals surface area contributed by atoms with E-state index in [1.807, 2.05) is 7.05 Å². The summed E-state index contributed by atoms with van der Waals surface area (Å²) in [6.07, 6.45) is 4.06. The molecule has 21 heavy (non-hydrogen) atoms. The Morgan fingerprint density at radius 3 is 2.71 bits per heavy atom. The van der Waals surface area contributed by atoms with E-state index in [0.29, 0.717) is 12.0 Å². The lowest BCUT2D eigenvalue weighted by molar-refractivity contribution is -0.150. The van der Waals surface area contributed by atoms with E-state index in [-0.39, 0.29) is 5.97 Å². The van der Waals surface area contributed by atoms with Crippen LogP contribution in [0.2, 0.25) is 0 Å². The maximum absolute atomic E-state index is 12.2. The molecule has 1 aliphatic carbocycles. The standard InChI is InChI=1S/C16H32N2O3/c1-6-18(13(2)12-20-4)11-9-14-8-7-10-16(14,17-3)15(19)21-5/h13-14,17H,6-12H2,1-5H3. The first-order valence-corrected chi connectivity index (χ1v) is 8.06. The smallest absolute Gasteiger partial charge is 0.326 e. The highest BCUT2D eigenvalue weighted by molar-refractivity contribution is 5.81. The number of methoxy groups -OCH3 is 2. The molecule has 0 heterocycles. The van der Waals surface area contributed by atoms with Gasteiger partial charge in [-0.25, -0.2) is 0 Å². The highest BCUT2D eigenvalue weighted by Gasteiger charge is 2.48. The third-order valence-electron chi connectivity index (χ3n) is 5.02. The van der Waals surface area contributed by atoms with Gasteiger partial charge in [-0.15, -0.1) is 0 Å². The Kier molecular flexibility index (Phi) is 7.63. The van der Waals surface area contributed by atoms with Crippen LogP contribution in [0, 0.1) is 5.92 Å². The molecule has 0 radical (unpaired) electrons. The van der Waals surface area contributed by atoms with E-state index >= 15 is 0 Å². The van der Waals surface area contributed by atoms with Gasteiger partial charge in [0, 0.05) is 13.2 Å². The molecule has 0 spiro atoms.